The van der Waals surface area contributed by atoms with Crippen molar-refractivity contribution in [1.29, 1.82) is 0 Å². The van der Waals surface area contributed by atoms with Crippen molar-refractivity contribution in [3.05, 3.63) is 38.5 Å². The summed E-state index contributed by atoms with van der Waals surface area (Å²) in [5.74, 6) is 0. The zero-order chi connectivity index (χ0) is 11.2. The Balaban J connectivity index is 1.76. The van der Waals surface area contributed by atoms with Crippen LogP contribution in [0.1, 0.15) is 16.3 Å². The second-order valence-corrected chi connectivity index (χ2v) is 5.12. The molecule has 0 fully saturated rings. The zero-order valence-electron chi connectivity index (χ0n) is 9.10. The van der Waals surface area contributed by atoms with Gasteiger partial charge in [-0.3, -0.25) is 0 Å². The van der Waals surface area contributed by atoms with Crippen LogP contribution in [0.3, 0.4) is 0 Å². The summed E-state index contributed by atoms with van der Waals surface area (Å²) >= 11 is 3.37. The predicted octanol–water partition coefficient (Wildman–Crippen LogP) is 2.64. The van der Waals surface area contributed by atoms with Crippen LogP contribution in [0.25, 0.3) is 0 Å². The Labute approximate surface area is 103 Å². The molecule has 0 aliphatic heterocycles. The first kappa shape index (κ1) is 11.7. The summed E-state index contributed by atoms with van der Waals surface area (Å²) in [5.41, 5.74) is 2.42. The SMILES string of the molecule is COCc1nc(CNCc2ccsc2)cs1. The average Bonchev–Trinajstić information content (AvgIpc) is 2.90. The first-order valence-corrected chi connectivity index (χ1v) is 6.84. The van der Waals surface area contributed by atoms with Crippen molar-refractivity contribution in [1.82, 2.24) is 10.3 Å². The van der Waals surface area contributed by atoms with Crippen LogP contribution in [0, 0.1) is 0 Å². The maximum atomic E-state index is 5.03. The van der Waals surface area contributed by atoms with Gasteiger partial charge in [-0.25, -0.2) is 4.98 Å². The van der Waals surface area contributed by atoms with Gasteiger partial charge in [-0.2, -0.15) is 11.3 Å². The van der Waals surface area contributed by atoms with Gasteiger partial charge in [0.25, 0.3) is 0 Å². The van der Waals surface area contributed by atoms with E-state index in [9.17, 15) is 0 Å². The quantitative estimate of drug-likeness (QED) is 0.860. The van der Waals surface area contributed by atoms with Gasteiger partial charge in [0.2, 0.25) is 0 Å². The van der Waals surface area contributed by atoms with Crippen LogP contribution in [0.2, 0.25) is 0 Å². The summed E-state index contributed by atoms with van der Waals surface area (Å²) in [4.78, 5) is 4.45. The molecule has 0 saturated heterocycles. The van der Waals surface area contributed by atoms with Crippen LogP contribution in [0.15, 0.2) is 22.2 Å². The molecule has 0 atom stereocenters. The topological polar surface area (TPSA) is 34.1 Å². The van der Waals surface area contributed by atoms with Crippen molar-refractivity contribution >= 4 is 22.7 Å². The molecule has 0 bridgehead atoms. The first-order chi connectivity index (χ1) is 7.88. The van der Waals surface area contributed by atoms with E-state index < -0.39 is 0 Å². The van der Waals surface area contributed by atoms with Crippen molar-refractivity contribution in [2.45, 2.75) is 19.7 Å². The molecule has 16 heavy (non-hydrogen) atoms. The number of methoxy groups -OCH3 is 1. The van der Waals surface area contributed by atoms with E-state index in [1.54, 1.807) is 29.8 Å². The van der Waals surface area contributed by atoms with Gasteiger partial charge in [0.15, 0.2) is 0 Å². The molecule has 0 radical (unpaired) electrons. The summed E-state index contributed by atoms with van der Waals surface area (Å²) in [5, 5.41) is 10.7. The Hall–Kier alpha value is -0.750. The highest BCUT2D eigenvalue weighted by Crippen LogP contribution is 2.11. The van der Waals surface area contributed by atoms with Crippen molar-refractivity contribution in [2.24, 2.45) is 0 Å². The molecule has 0 aromatic carbocycles. The monoisotopic (exact) mass is 254 g/mol. The number of ether oxygens (including phenoxy) is 1. The summed E-state index contributed by atoms with van der Waals surface area (Å²) in [6, 6.07) is 2.13. The predicted molar refractivity (Wildman–Crippen MR) is 67.7 cm³/mol. The number of aromatic nitrogens is 1. The van der Waals surface area contributed by atoms with Crippen LogP contribution < -0.4 is 5.32 Å². The standard InChI is InChI=1S/C11H14N2OS2/c1-14-6-11-13-10(8-16-11)5-12-4-9-2-3-15-7-9/h2-3,7-8,12H,4-6H2,1H3. The molecule has 0 aliphatic rings. The fraction of sp³-hybridized carbons (Fsp3) is 0.364. The van der Waals surface area contributed by atoms with E-state index in [1.807, 2.05) is 0 Å². The van der Waals surface area contributed by atoms with Crippen LogP contribution in [-0.2, 0) is 24.4 Å². The fourth-order valence-corrected chi connectivity index (χ4v) is 2.78. The molecular weight excluding hydrogens is 240 g/mol. The molecule has 0 saturated carbocycles. The first-order valence-electron chi connectivity index (χ1n) is 5.02. The van der Waals surface area contributed by atoms with Crippen molar-refractivity contribution in [2.75, 3.05) is 7.11 Å². The lowest BCUT2D eigenvalue weighted by Gasteiger charge is -1.99. The van der Waals surface area contributed by atoms with E-state index in [4.69, 9.17) is 4.74 Å². The second kappa shape index (κ2) is 6.10. The average molecular weight is 254 g/mol. The second-order valence-electron chi connectivity index (χ2n) is 3.40. The van der Waals surface area contributed by atoms with Crippen LogP contribution in [0.5, 0.6) is 0 Å². The summed E-state index contributed by atoms with van der Waals surface area (Å²) in [6.45, 7) is 2.33. The lowest BCUT2D eigenvalue weighted by atomic mass is 10.3. The highest BCUT2D eigenvalue weighted by Gasteiger charge is 2.01. The Morgan fingerprint density at radius 3 is 3.06 bits per heavy atom. The molecule has 0 unspecified atom stereocenters. The van der Waals surface area contributed by atoms with E-state index in [0.29, 0.717) is 6.61 Å². The molecule has 0 aliphatic carbocycles. The van der Waals surface area contributed by atoms with Gasteiger partial charge in [0.1, 0.15) is 5.01 Å². The number of nitrogens with zero attached hydrogens (tertiary/aromatic N) is 1. The Kier molecular flexibility index (Phi) is 4.47. The number of nitrogens with one attached hydrogen (secondary N) is 1. The molecule has 3 nitrogen and oxygen atoms in total. The van der Waals surface area contributed by atoms with Gasteiger partial charge < -0.3 is 10.1 Å². The van der Waals surface area contributed by atoms with Crippen LogP contribution >= 0.6 is 22.7 Å². The van der Waals surface area contributed by atoms with Crippen molar-refractivity contribution in [3.8, 4) is 0 Å². The maximum Gasteiger partial charge on any atom is 0.119 e. The van der Waals surface area contributed by atoms with Gasteiger partial charge in [-0.1, -0.05) is 0 Å². The van der Waals surface area contributed by atoms with Gasteiger partial charge >= 0.3 is 0 Å². The molecule has 2 rings (SSSR count). The third-order valence-electron chi connectivity index (χ3n) is 2.08. The van der Waals surface area contributed by atoms with Gasteiger partial charge in [-0.15, -0.1) is 11.3 Å². The highest BCUT2D eigenvalue weighted by molar-refractivity contribution is 7.09. The fourth-order valence-electron chi connectivity index (χ4n) is 1.35. The van der Waals surface area contributed by atoms with E-state index in [0.717, 1.165) is 23.8 Å². The van der Waals surface area contributed by atoms with E-state index in [2.05, 4.69) is 32.5 Å². The molecule has 2 heterocycles. The van der Waals surface area contributed by atoms with E-state index in [1.165, 1.54) is 5.56 Å². The molecule has 2 aromatic rings. The van der Waals surface area contributed by atoms with Crippen molar-refractivity contribution < 1.29 is 4.74 Å². The molecule has 5 heteroatoms. The molecular formula is C11H14N2OS2. The third kappa shape index (κ3) is 3.38. The minimum atomic E-state index is 0.606. The number of thiophene rings is 1. The van der Waals surface area contributed by atoms with Crippen molar-refractivity contribution in [3.63, 3.8) is 0 Å². The van der Waals surface area contributed by atoms with Crippen LogP contribution in [-0.4, -0.2) is 12.1 Å². The minimum absolute atomic E-state index is 0.606. The normalized spacial score (nSPS) is 10.8. The number of hydrogen-bond donors (Lipinski definition) is 1. The number of thiazole rings is 1. The number of rotatable bonds is 6. The largest absolute Gasteiger partial charge is 0.378 e. The summed E-state index contributed by atoms with van der Waals surface area (Å²) in [7, 11) is 1.69. The molecule has 2 aromatic heterocycles. The maximum absolute atomic E-state index is 5.03. The smallest absolute Gasteiger partial charge is 0.119 e. The van der Waals surface area contributed by atoms with E-state index in [-0.39, 0.29) is 0 Å². The molecule has 0 amide bonds. The Bertz CT molecular complexity index is 411. The Morgan fingerprint density at radius 2 is 2.31 bits per heavy atom. The van der Waals surface area contributed by atoms with E-state index >= 15 is 0 Å². The van der Waals surface area contributed by atoms with Crippen LogP contribution in [0.4, 0.5) is 0 Å². The van der Waals surface area contributed by atoms with Gasteiger partial charge in [0, 0.05) is 25.6 Å². The highest BCUT2D eigenvalue weighted by atomic mass is 32.1. The minimum Gasteiger partial charge on any atom is -0.378 e. The summed E-state index contributed by atoms with van der Waals surface area (Å²) in [6.07, 6.45) is 0. The molecule has 86 valence electrons. The van der Waals surface area contributed by atoms with Gasteiger partial charge in [0.05, 0.1) is 12.3 Å². The summed E-state index contributed by atoms with van der Waals surface area (Å²) < 4.78 is 5.03. The molecule has 0 spiro atoms. The third-order valence-corrected chi connectivity index (χ3v) is 3.69. The molecule has 1 N–H and O–H groups in total. The van der Waals surface area contributed by atoms with Gasteiger partial charge in [-0.05, 0) is 22.4 Å². The zero-order valence-corrected chi connectivity index (χ0v) is 10.7. The lowest BCUT2D eigenvalue weighted by Crippen LogP contribution is -2.12. The number of hydrogen-bond acceptors (Lipinski definition) is 5. The Morgan fingerprint density at radius 1 is 1.38 bits per heavy atom. The lowest BCUT2D eigenvalue weighted by molar-refractivity contribution is 0.184.